The monoisotopic (exact) mass is 316 g/mol. The number of hydrogen-bond donors (Lipinski definition) is 1. The van der Waals surface area contributed by atoms with E-state index in [0.29, 0.717) is 24.8 Å². The fourth-order valence-corrected chi connectivity index (χ4v) is 5.16. The molecule has 114 valence electrons. The number of fused-ring (bicyclic) bond motifs is 3. The van der Waals surface area contributed by atoms with Crippen molar-refractivity contribution in [1.29, 1.82) is 0 Å². The third kappa shape index (κ3) is 2.79. The number of rotatable bonds is 5. The van der Waals surface area contributed by atoms with Crippen molar-refractivity contribution in [3.05, 3.63) is 48.5 Å². The molecule has 2 aromatic rings. The van der Waals surface area contributed by atoms with Crippen LogP contribution in [0, 0.1) is 0 Å². The molecule has 3 rings (SSSR count). The maximum Gasteiger partial charge on any atom is 0.303 e. The molecule has 0 radical (unpaired) electrons. The highest BCUT2D eigenvalue weighted by Crippen LogP contribution is 2.54. The first-order chi connectivity index (χ1) is 10.6. The molecule has 22 heavy (non-hydrogen) atoms. The van der Waals surface area contributed by atoms with Crippen molar-refractivity contribution >= 4 is 18.6 Å². The van der Waals surface area contributed by atoms with Gasteiger partial charge in [-0.3, -0.25) is 9.36 Å². The predicted octanol–water partition coefficient (Wildman–Crippen LogP) is 3.90. The van der Waals surface area contributed by atoms with Crippen LogP contribution in [-0.4, -0.2) is 17.2 Å². The molecule has 0 fully saturated rings. The molecule has 1 heterocycles. The highest BCUT2D eigenvalue weighted by Gasteiger charge is 2.35. The van der Waals surface area contributed by atoms with Gasteiger partial charge in [-0.25, -0.2) is 0 Å². The number of hydrogen-bond acceptors (Lipinski definition) is 3. The van der Waals surface area contributed by atoms with E-state index in [9.17, 15) is 9.36 Å². The van der Waals surface area contributed by atoms with Crippen LogP contribution in [-0.2, 0) is 9.36 Å². The van der Waals surface area contributed by atoms with Gasteiger partial charge >= 0.3 is 5.97 Å². The molecule has 4 nitrogen and oxygen atoms in total. The summed E-state index contributed by atoms with van der Waals surface area (Å²) in [5.41, 5.74) is 1.90. The number of unbranched alkanes of at least 4 members (excludes halogenated alkanes) is 1. The summed E-state index contributed by atoms with van der Waals surface area (Å²) in [6, 6.07) is 15.2. The van der Waals surface area contributed by atoms with Crippen molar-refractivity contribution in [2.75, 3.05) is 6.16 Å². The molecule has 0 aliphatic carbocycles. The Morgan fingerprint density at radius 1 is 1.00 bits per heavy atom. The van der Waals surface area contributed by atoms with E-state index in [1.165, 1.54) is 0 Å². The topological polar surface area (TPSA) is 63.6 Å². The van der Waals surface area contributed by atoms with E-state index in [1.54, 1.807) is 0 Å². The van der Waals surface area contributed by atoms with Crippen LogP contribution in [0.2, 0.25) is 0 Å². The number of benzene rings is 2. The Labute approximate surface area is 129 Å². The molecule has 0 saturated heterocycles. The second kappa shape index (κ2) is 5.98. The van der Waals surface area contributed by atoms with Gasteiger partial charge in [0.25, 0.3) is 7.37 Å². The Balaban J connectivity index is 1.90. The molecule has 0 saturated carbocycles. The van der Waals surface area contributed by atoms with E-state index >= 15 is 0 Å². The van der Waals surface area contributed by atoms with Crippen molar-refractivity contribution < 1.29 is 19.0 Å². The molecule has 0 bridgehead atoms. The summed E-state index contributed by atoms with van der Waals surface area (Å²) in [6.45, 7) is 0. The lowest BCUT2D eigenvalue weighted by Gasteiger charge is -2.28. The van der Waals surface area contributed by atoms with Crippen LogP contribution in [0.4, 0.5) is 0 Å². The Bertz CT molecular complexity index is 754. The van der Waals surface area contributed by atoms with E-state index in [0.717, 1.165) is 16.4 Å². The van der Waals surface area contributed by atoms with Crippen LogP contribution in [0.1, 0.15) is 19.3 Å². The minimum absolute atomic E-state index is 0.0955. The summed E-state index contributed by atoms with van der Waals surface area (Å²) in [6.07, 6.45) is 1.54. The van der Waals surface area contributed by atoms with Crippen molar-refractivity contribution in [3.8, 4) is 16.9 Å². The Hall–Kier alpha value is -2.06. The lowest BCUT2D eigenvalue weighted by Crippen LogP contribution is -2.19. The van der Waals surface area contributed by atoms with Gasteiger partial charge < -0.3 is 9.63 Å². The molecule has 0 amide bonds. The van der Waals surface area contributed by atoms with Crippen LogP contribution in [0.3, 0.4) is 0 Å². The normalized spacial score (nSPS) is 18.9. The van der Waals surface area contributed by atoms with Gasteiger partial charge in [-0.1, -0.05) is 36.4 Å². The maximum absolute atomic E-state index is 13.3. The van der Waals surface area contributed by atoms with Crippen molar-refractivity contribution in [2.45, 2.75) is 19.3 Å². The summed E-state index contributed by atoms with van der Waals surface area (Å²) >= 11 is 0. The minimum atomic E-state index is -2.99. The molecule has 1 N–H and O–H groups in total. The number of para-hydroxylation sites is 1. The zero-order valence-corrected chi connectivity index (χ0v) is 13.0. The zero-order valence-electron chi connectivity index (χ0n) is 12.1. The molecule has 1 unspecified atom stereocenters. The Morgan fingerprint density at radius 3 is 2.45 bits per heavy atom. The molecule has 5 heteroatoms. The maximum atomic E-state index is 13.3. The Morgan fingerprint density at radius 2 is 1.68 bits per heavy atom. The van der Waals surface area contributed by atoms with E-state index in [1.807, 2.05) is 48.5 Å². The third-order valence-corrected chi connectivity index (χ3v) is 6.31. The molecule has 1 aliphatic heterocycles. The molecular weight excluding hydrogens is 299 g/mol. The first kappa shape index (κ1) is 14.9. The van der Waals surface area contributed by atoms with Gasteiger partial charge in [0.05, 0.1) is 5.30 Å². The van der Waals surface area contributed by atoms with Crippen LogP contribution >= 0.6 is 7.37 Å². The molecular formula is C17H17O4P. The fraction of sp³-hybridized carbons (Fsp3) is 0.235. The summed E-state index contributed by atoms with van der Waals surface area (Å²) in [5.74, 6) is -0.184. The quantitative estimate of drug-likeness (QED) is 0.671. The number of aliphatic carboxylic acids is 1. The number of carboxylic acids is 1. The largest absolute Gasteiger partial charge is 0.481 e. The van der Waals surface area contributed by atoms with Crippen LogP contribution in [0.25, 0.3) is 11.1 Å². The van der Waals surface area contributed by atoms with Gasteiger partial charge in [0.15, 0.2) is 0 Å². The van der Waals surface area contributed by atoms with E-state index < -0.39 is 13.3 Å². The standard InChI is InChI=1S/C17H17O4P/c18-17(19)11-5-6-12-22(20)16-10-4-2-8-14(16)13-7-1-3-9-15(13)21-22/h1-4,7-10H,5-6,11-12H2,(H,18,19). The molecule has 1 atom stereocenters. The van der Waals surface area contributed by atoms with E-state index in [-0.39, 0.29) is 6.42 Å². The summed E-state index contributed by atoms with van der Waals surface area (Å²) in [4.78, 5) is 10.6. The summed E-state index contributed by atoms with van der Waals surface area (Å²) < 4.78 is 19.2. The fourth-order valence-electron chi connectivity index (χ4n) is 2.74. The highest BCUT2D eigenvalue weighted by molar-refractivity contribution is 7.67. The molecule has 0 spiro atoms. The lowest BCUT2D eigenvalue weighted by atomic mass is 10.0. The van der Waals surface area contributed by atoms with Gasteiger partial charge in [-0.05, 0) is 30.5 Å². The number of carbonyl (C=O) groups is 1. The first-order valence-corrected chi connectivity index (χ1v) is 9.11. The summed E-state index contributed by atoms with van der Waals surface area (Å²) in [5, 5.41) is 9.44. The second-order valence-corrected chi connectivity index (χ2v) is 7.81. The van der Waals surface area contributed by atoms with Crippen molar-refractivity contribution in [1.82, 2.24) is 0 Å². The van der Waals surface area contributed by atoms with E-state index in [4.69, 9.17) is 9.63 Å². The molecule has 1 aliphatic rings. The number of carboxylic acid groups (broad SMARTS) is 1. The zero-order chi connectivity index (χ0) is 15.6. The SMILES string of the molecule is O=C(O)CCCCP1(=O)Oc2ccccc2-c2ccccc21. The van der Waals surface area contributed by atoms with Gasteiger partial charge in [0, 0.05) is 18.1 Å². The molecule has 0 aromatic heterocycles. The van der Waals surface area contributed by atoms with Crippen molar-refractivity contribution in [2.24, 2.45) is 0 Å². The van der Waals surface area contributed by atoms with Crippen molar-refractivity contribution in [3.63, 3.8) is 0 Å². The molecule has 2 aromatic carbocycles. The van der Waals surface area contributed by atoms with Gasteiger partial charge in [-0.15, -0.1) is 0 Å². The van der Waals surface area contributed by atoms with Gasteiger partial charge in [-0.2, -0.15) is 0 Å². The van der Waals surface area contributed by atoms with Gasteiger partial charge in [0.2, 0.25) is 0 Å². The highest BCUT2D eigenvalue weighted by atomic mass is 31.2. The van der Waals surface area contributed by atoms with E-state index in [2.05, 4.69) is 0 Å². The minimum Gasteiger partial charge on any atom is -0.481 e. The second-order valence-electron chi connectivity index (χ2n) is 5.35. The van der Waals surface area contributed by atoms with Crippen LogP contribution in [0.5, 0.6) is 5.75 Å². The summed E-state index contributed by atoms with van der Waals surface area (Å²) in [7, 11) is -2.99. The van der Waals surface area contributed by atoms with Gasteiger partial charge in [0.1, 0.15) is 5.75 Å². The Kier molecular flexibility index (Phi) is 4.04. The lowest BCUT2D eigenvalue weighted by molar-refractivity contribution is -0.137. The smallest absolute Gasteiger partial charge is 0.303 e. The third-order valence-electron chi connectivity index (χ3n) is 3.79. The predicted molar refractivity (Wildman–Crippen MR) is 86.1 cm³/mol. The average Bonchev–Trinajstić information content (AvgIpc) is 2.52. The van der Waals surface area contributed by atoms with Crippen LogP contribution < -0.4 is 9.83 Å². The van der Waals surface area contributed by atoms with Crippen LogP contribution in [0.15, 0.2) is 48.5 Å². The first-order valence-electron chi connectivity index (χ1n) is 7.30. The average molecular weight is 316 g/mol.